The fourth-order valence-corrected chi connectivity index (χ4v) is 3.56. The molecule has 1 N–H and O–H groups in total. The van der Waals surface area contributed by atoms with Crippen molar-refractivity contribution in [1.82, 2.24) is 15.1 Å². The van der Waals surface area contributed by atoms with Gasteiger partial charge in [-0.25, -0.2) is 0 Å². The number of nitrogens with zero attached hydrogens (tertiary/aromatic N) is 2. The molecular weight excluding hydrogens is 350 g/mol. The number of carbonyl (C=O) groups is 1. The second kappa shape index (κ2) is 9.25. The van der Waals surface area contributed by atoms with Gasteiger partial charge < -0.3 is 29.2 Å². The van der Waals surface area contributed by atoms with Gasteiger partial charge in [-0.2, -0.15) is 0 Å². The van der Waals surface area contributed by atoms with Crippen LogP contribution >= 0.6 is 0 Å². The third-order valence-electron chi connectivity index (χ3n) is 5.03. The molecule has 2 fully saturated rings. The summed E-state index contributed by atoms with van der Waals surface area (Å²) >= 11 is 0. The van der Waals surface area contributed by atoms with E-state index in [2.05, 4.69) is 10.2 Å². The summed E-state index contributed by atoms with van der Waals surface area (Å²) < 4.78 is 21.6. The Morgan fingerprint density at radius 1 is 1.11 bits per heavy atom. The summed E-state index contributed by atoms with van der Waals surface area (Å²) in [6.45, 7) is 5.74. The molecule has 0 saturated carbocycles. The molecule has 2 aliphatic heterocycles. The standard InChI is InChI=1S/C19H29N3O5/c1-24-16-10-14(11-17(25-2)18(16)26-3)12-21-5-7-22(8-6-21)19(23)15-13-27-9-4-20-15/h10-11,15,20H,4-9,12-13H2,1-3H3. The van der Waals surface area contributed by atoms with Crippen LogP contribution in [0.15, 0.2) is 12.1 Å². The van der Waals surface area contributed by atoms with Crippen molar-refractivity contribution in [2.24, 2.45) is 0 Å². The molecule has 1 aromatic rings. The van der Waals surface area contributed by atoms with Crippen molar-refractivity contribution >= 4 is 5.91 Å². The zero-order valence-corrected chi connectivity index (χ0v) is 16.3. The maximum Gasteiger partial charge on any atom is 0.242 e. The average Bonchev–Trinajstić information content (AvgIpc) is 2.73. The van der Waals surface area contributed by atoms with Crippen molar-refractivity contribution in [2.45, 2.75) is 12.6 Å². The molecule has 8 nitrogen and oxygen atoms in total. The third-order valence-corrected chi connectivity index (χ3v) is 5.03. The van der Waals surface area contributed by atoms with E-state index < -0.39 is 0 Å². The first kappa shape index (κ1) is 19.7. The van der Waals surface area contributed by atoms with E-state index in [-0.39, 0.29) is 11.9 Å². The lowest BCUT2D eigenvalue weighted by Gasteiger charge is -2.37. The Bertz CT molecular complexity index is 615. The molecule has 27 heavy (non-hydrogen) atoms. The molecule has 1 amide bonds. The van der Waals surface area contributed by atoms with Crippen LogP contribution in [0.5, 0.6) is 17.2 Å². The van der Waals surface area contributed by atoms with Gasteiger partial charge in [0.2, 0.25) is 11.7 Å². The van der Waals surface area contributed by atoms with Crippen LogP contribution in [0.4, 0.5) is 0 Å². The summed E-state index contributed by atoms with van der Waals surface area (Å²) in [5.41, 5.74) is 1.09. The number of methoxy groups -OCH3 is 3. The largest absolute Gasteiger partial charge is 0.493 e. The van der Waals surface area contributed by atoms with E-state index in [9.17, 15) is 4.79 Å². The molecule has 150 valence electrons. The molecule has 0 aromatic heterocycles. The van der Waals surface area contributed by atoms with E-state index in [0.29, 0.717) is 30.5 Å². The van der Waals surface area contributed by atoms with Gasteiger partial charge in [-0.3, -0.25) is 9.69 Å². The number of amides is 1. The number of piperazine rings is 1. The first-order valence-electron chi connectivity index (χ1n) is 9.27. The molecule has 2 aliphatic rings. The summed E-state index contributed by atoms with van der Waals surface area (Å²) in [6, 6.07) is 3.74. The predicted molar refractivity (Wildman–Crippen MR) is 101 cm³/mol. The van der Waals surface area contributed by atoms with Gasteiger partial charge >= 0.3 is 0 Å². The van der Waals surface area contributed by atoms with E-state index in [0.717, 1.165) is 44.8 Å². The number of rotatable bonds is 6. The Balaban J connectivity index is 1.58. The Kier molecular flexibility index (Phi) is 6.76. The van der Waals surface area contributed by atoms with Crippen molar-refractivity contribution in [3.63, 3.8) is 0 Å². The lowest BCUT2D eigenvalue weighted by atomic mass is 10.1. The quantitative estimate of drug-likeness (QED) is 0.764. The Morgan fingerprint density at radius 2 is 1.78 bits per heavy atom. The minimum absolute atomic E-state index is 0.141. The normalized spacial score (nSPS) is 21.0. The molecule has 8 heteroatoms. The molecule has 0 aliphatic carbocycles. The molecule has 3 rings (SSSR count). The van der Waals surface area contributed by atoms with Crippen LogP contribution in [0.2, 0.25) is 0 Å². The number of ether oxygens (including phenoxy) is 4. The van der Waals surface area contributed by atoms with Gasteiger partial charge in [0.1, 0.15) is 6.04 Å². The van der Waals surface area contributed by atoms with E-state index >= 15 is 0 Å². The SMILES string of the molecule is COc1cc(CN2CCN(C(=O)C3COCCN3)CC2)cc(OC)c1OC. The van der Waals surface area contributed by atoms with Crippen LogP contribution in [-0.4, -0.2) is 89.0 Å². The van der Waals surface area contributed by atoms with Crippen LogP contribution in [0.1, 0.15) is 5.56 Å². The van der Waals surface area contributed by atoms with Crippen molar-refractivity contribution in [1.29, 1.82) is 0 Å². The van der Waals surface area contributed by atoms with Gasteiger partial charge in [0.25, 0.3) is 0 Å². The average molecular weight is 379 g/mol. The minimum atomic E-state index is -0.208. The first-order chi connectivity index (χ1) is 13.2. The first-order valence-corrected chi connectivity index (χ1v) is 9.27. The minimum Gasteiger partial charge on any atom is -0.493 e. The number of carbonyl (C=O) groups excluding carboxylic acids is 1. The molecule has 0 spiro atoms. The molecule has 0 radical (unpaired) electrons. The number of nitrogens with one attached hydrogen (secondary N) is 1. The van der Waals surface area contributed by atoms with Gasteiger partial charge in [-0.05, 0) is 17.7 Å². The topological polar surface area (TPSA) is 72.5 Å². The van der Waals surface area contributed by atoms with Crippen LogP contribution in [0, 0.1) is 0 Å². The Hall–Kier alpha value is -2.03. The number of hydrogen-bond acceptors (Lipinski definition) is 7. The van der Waals surface area contributed by atoms with Crippen LogP contribution in [0.3, 0.4) is 0 Å². The fourth-order valence-electron chi connectivity index (χ4n) is 3.56. The monoisotopic (exact) mass is 379 g/mol. The summed E-state index contributed by atoms with van der Waals surface area (Å²) in [5, 5.41) is 3.23. The van der Waals surface area contributed by atoms with Gasteiger partial charge in [0.05, 0.1) is 34.5 Å². The van der Waals surface area contributed by atoms with Crippen LogP contribution in [0.25, 0.3) is 0 Å². The summed E-state index contributed by atoms with van der Waals surface area (Å²) in [5.74, 6) is 2.05. The Labute approximate surface area is 160 Å². The van der Waals surface area contributed by atoms with E-state index in [1.54, 1.807) is 21.3 Å². The highest BCUT2D eigenvalue weighted by Gasteiger charge is 2.29. The molecule has 1 unspecified atom stereocenters. The lowest BCUT2D eigenvalue weighted by molar-refractivity contribution is -0.138. The highest BCUT2D eigenvalue weighted by molar-refractivity contribution is 5.82. The highest BCUT2D eigenvalue weighted by atomic mass is 16.5. The van der Waals surface area contributed by atoms with Crippen molar-refractivity contribution in [2.75, 3.05) is 67.3 Å². The summed E-state index contributed by atoms with van der Waals surface area (Å²) in [7, 11) is 4.84. The maximum absolute atomic E-state index is 12.6. The smallest absolute Gasteiger partial charge is 0.242 e. The molecule has 1 aromatic carbocycles. The zero-order valence-electron chi connectivity index (χ0n) is 16.3. The van der Waals surface area contributed by atoms with Crippen LogP contribution in [-0.2, 0) is 16.1 Å². The summed E-state index contributed by atoms with van der Waals surface area (Å²) in [4.78, 5) is 16.8. The second-order valence-electron chi connectivity index (χ2n) is 6.72. The van der Waals surface area contributed by atoms with Gasteiger partial charge in [0, 0.05) is 39.3 Å². The molecule has 0 bridgehead atoms. The number of morpholine rings is 1. The van der Waals surface area contributed by atoms with Crippen molar-refractivity contribution in [3.05, 3.63) is 17.7 Å². The van der Waals surface area contributed by atoms with E-state index in [1.807, 2.05) is 17.0 Å². The van der Waals surface area contributed by atoms with Crippen molar-refractivity contribution < 1.29 is 23.7 Å². The zero-order chi connectivity index (χ0) is 19.2. The van der Waals surface area contributed by atoms with E-state index in [4.69, 9.17) is 18.9 Å². The summed E-state index contributed by atoms with van der Waals surface area (Å²) in [6.07, 6.45) is 0. The van der Waals surface area contributed by atoms with Gasteiger partial charge in [-0.15, -0.1) is 0 Å². The highest BCUT2D eigenvalue weighted by Crippen LogP contribution is 2.38. The lowest BCUT2D eigenvalue weighted by Crippen LogP contribution is -2.57. The van der Waals surface area contributed by atoms with E-state index in [1.165, 1.54) is 0 Å². The third kappa shape index (κ3) is 4.63. The molecule has 2 saturated heterocycles. The van der Waals surface area contributed by atoms with Gasteiger partial charge in [0.15, 0.2) is 11.5 Å². The fraction of sp³-hybridized carbons (Fsp3) is 0.632. The Morgan fingerprint density at radius 3 is 2.30 bits per heavy atom. The molecule has 1 atom stereocenters. The van der Waals surface area contributed by atoms with Gasteiger partial charge in [-0.1, -0.05) is 0 Å². The second-order valence-corrected chi connectivity index (χ2v) is 6.72. The molecular formula is C19H29N3O5. The number of benzene rings is 1. The van der Waals surface area contributed by atoms with Crippen molar-refractivity contribution in [3.8, 4) is 17.2 Å². The van der Waals surface area contributed by atoms with Crippen LogP contribution < -0.4 is 19.5 Å². The number of hydrogen-bond donors (Lipinski definition) is 1. The predicted octanol–water partition coefficient (Wildman–Crippen LogP) is 0.345. The maximum atomic E-state index is 12.6. The molecule has 2 heterocycles.